The van der Waals surface area contributed by atoms with E-state index in [9.17, 15) is 19.4 Å². The first kappa shape index (κ1) is 59.2. The van der Waals surface area contributed by atoms with Crippen molar-refractivity contribution in [2.24, 2.45) is 0 Å². The van der Waals surface area contributed by atoms with E-state index in [0.717, 1.165) is 70.6 Å². The van der Waals surface area contributed by atoms with Gasteiger partial charge >= 0.3 is 0 Å². The Balaban J connectivity index is 3.85. The van der Waals surface area contributed by atoms with E-state index >= 15 is 0 Å². The van der Waals surface area contributed by atoms with Crippen LogP contribution in [0.25, 0.3) is 0 Å². The first-order chi connectivity index (χ1) is 29.5. The van der Waals surface area contributed by atoms with Gasteiger partial charge in [-0.05, 0) is 57.8 Å². The standard InChI is InChI=1S/C52H97N2O6P/c1-6-8-10-12-14-15-16-17-18-19-20-21-22-23-24-25-26-27-28-29-30-31-32-33-34-35-36-37-38-39-40-42-44-46-52(56)53-50(51(55)45-43-41-13-11-9-7-2)49-60-61(57,58)59-48-47-54(3,4)5/h8,10,14-15,17-18,20-21,43,45,50-51,55H,6-7,9,11-13,16,19,22-42,44,46-49H2,1-5H3,(H-,53,56,57,58)/b10-8-,15-14-,18-17-,21-20-,45-43+. The molecule has 0 aliphatic carbocycles. The number of amides is 1. The van der Waals surface area contributed by atoms with Crippen LogP contribution in [0, 0.1) is 0 Å². The lowest BCUT2D eigenvalue weighted by Crippen LogP contribution is -2.45. The molecule has 0 saturated heterocycles. The molecule has 8 nitrogen and oxygen atoms in total. The van der Waals surface area contributed by atoms with Crippen molar-refractivity contribution < 1.29 is 32.9 Å². The summed E-state index contributed by atoms with van der Waals surface area (Å²) in [4.78, 5) is 25.2. The Morgan fingerprint density at radius 3 is 1.46 bits per heavy atom. The minimum atomic E-state index is -4.58. The van der Waals surface area contributed by atoms with Gasteiger partial charge in [0.05, 0.1) is 39.9 Å². The van der Waals surface area contributed by atoms with Crippen LogP contribution in [0.15, 0.2) is 60.8 Å². The van der Waals surface area contributed by atoms with Gasteiger partial charge in [-0.1, -0.05) is 209 Å². The van der Waals surface area contributed by atoms with Crippen LogP contribution in [0.5, 0.6) is 0 Å². The number of rotatable bonds is 45. The highest BCUT2D eigenvalue weighted by molar-refractivity contribution is 7.45. The molecular weight excluding hydrogens is 780 g/mol. The molecule has 356 valence electrons. The second kappa shape index (κ2) is 43.5. The Kier molecular flexibility index (Phi) is 42.2. The highest BCUT2D eigenvalue weighted by Gasteiger charge is 2.23. The zero-order chi connectivity index (χ0) is 45.0. The third kappa shape index (κ3) is 46.0. The molecule has 2 N–H and O–H groups in total. The summed E-state index contributed by atoms with van der Waals surface area (Å²) < 4.78 is 23.1. The van der Waals surface area contributed by atoms with Crippen molar-refractivity contribution in [2.75, 3.05) is 40.9 Å². The summed E-state index contributed by atoms with van der Waals surface area (Å²) in [6, 6.07) is -0.882. The van der Waals surface area contributed by atoms with E-state index in [1.807, 2.05) is 27.2 Å². The maximum absolute atomic E-state index is 12.8. The molecule has 1 amide bonds. The van der Waals surface area contributed by atoms with E-state index < -0.39 is 20.0 Å². The molecule has 0 aromatic rings. The van der Waals surface area contributed by atoms with Gasteiger partial charge in [0, 0.05) is 6.42 Å². The summed E-state index contributed by atoms with van der Waals surface area (Å²) in [5.74, 6) is -0.203. The molecule has 0 heterocycles. The lowest BCUT2D eigenvalue weighted by atomic mass is 10.0. The van der Waals surface area contributed by atoms with Crippen molar-refractivity contribution in [1.29, 1.82) is 0 Å². The molecule has 0 radical (unpaired) electrons. The number of aliphatic hydroxyl groups excluding tert-OH is 1. The van der Waals surface area contributed by atoms with Crippen LogP contribution in [0.2, 0.25) is 0 Å². The molecule has 0 aromatic heterocycles. The van der Waals surface area contributed by atoms with Crippen LogP contribution >= 0.6 is 7.82 Å². The molecule has 0 aliphatic heterocycles. The third-order valence-corrected chi connectivity index (χ3v) is 11.9. The van der Waals surface area contributed by atoms with E-state index in [4.69, 9.17) is 9.05 Å². The number of carbonyl (C=O) groups excluding carboxylic acids is 1. The molecule has 0 rings (SSSR count). The number of phosphoric ester groups is 1. The molecule has 0 fully saturated rings. The van der Waals surface area contributed by atoms with Crippen LogP contribution in [0.1, 0.15) is 213 Å². The first-order valence-electron chi connectivity index (χ1n) is 25.2. The average Bonchev–Trinajstić information content (AvgIpc) is 3.21. The zero-order valence-electron chi connectivity index (χ0n) is 40.4. The highest BCUT2D eigenvalue weighted by atomic mass is 31.2. The van der Waals surface area contributed by atoms with Crippen molar-refractivity contribution in [3.05, 3.63) is 60.8 Å². The van der Waals surface area contributed by atoms with Gasteiger partial charge in [0.15, 0.2) is 0 Å². The molecule has 0 aromatic carbocycles. The molecule has 0 saturated carbocycles. The number of likely N-dealkylation sites (N-methyl/N-ethyl adjacent to an activating group) is 1. The third-order valence-electron chi connectivity index (χ3n) is 11.0. The lowest BCUT2D eigenvalue weighted by Gasteiger charge is -2.29. The summed E-state index contributed by atoms with van der Waals surface area (Å²) in [6.45, 7) is 4.45. The van der Waals surface area contributed by atoms with Gasteiger partial charge in [0.1, 0.15) is 13.2 Å². The quantitative estimate of drug-likeness (QED) is 0.0273. The van der Waals surface area contributed by atoms with Crippen LogP contribution in [-0.2, 0) is 18.4 Å². The second-order valence-electron chi connectivity index (χ2n) is 18.1. The summed E-state index contributed by atoms with van der Waals surface area (Å²) in [6.07, 6.45) is 57.7. The van der Waals surface area contributed by atoms with Crippen molar-refractivity contribution >= 4 is 13.7 Å². The largest absolute Gasteiger partial charge is 0.756 e. The summed E-state index contributed by atoms with van der Waals surface area (Å²) in [5.41, 5.74) is 0. The first-order valence-corrected chi connectivity index (χ1v) is 26.6. The number of carbonyl (C=O) groups is 1. The van der Waals surface area contributed by atoms with Gasteiger partial charge in [-0.25, -0.2) is 0 Å². The minimum absolute atomic E-state index is 0.00193. The number of hydrogen-bond acceptors (Lipinski definition) is 6. The molecule has 61 heavy (non-hydrogen) atoms. The Labute approximate surface area is 377 Å². The van der Waals surface area contributed by atoms with E-state index in [-0.39, 0.29) is 19.1 Å². The Hall–Kier alpha value is -1.80. The van der Waals surface area contributed by atoms with Gasteiger partial charge in [-0.2, -0.15) is 0 Å². The van der Waals surface area contributed by atoms with Gasteiger partial charge in [0.2, 0.25) is 5.91 Å². The van der Waals surface area contributed by atoms with Crippen molar-refractivity contribution in [3.8, 4) is 0 Å². The van der Waals surface area contributed by atoms with Crippen molar-refractivity contribution in [1.82, 2.24) is 5.32 Å². The summed E-state index contributed by atoms with van der Waals surface area (Å²) >= 11 is 0. The maximum atomic E-state index is 12.8. The number of nitrogens with zero attached hydrogens (tertiary/aromatic N) is 1. The number of quaternary nitrogens is 1. The molecule has 3 atom stereocenters. The number of nitrogens with one attached hydrogen (secondary N) is 1. The van der Waals surface area contributed by atoms with Crippen molar-refractivity contribution in [3.63, 3.8) is 0 Å². The SMILES string of the molecule is CC/C=C\C/C=C\C/C=C\C/C=C\CCCCCCCCCCCCCCCCCCCCCCC(=O)NC(COP(=O)([O-])OCC[N+](C)(C)C)C(O)/C=C/CCCCCC. The summed E-state index contributed by atoms with van der Waals surface area (Å²) in [7, 11) is 1.26. The number of hydrogen-bond donors (Lipinski definition) is 2. The Morgan fingerprint density at radius 2 is 1.00 bits per heavy atom. The summed E-state index contributed by atoms with van der Waals surface area (Å²) in [5, 5.41) is 13.6. The number of allylic oxidation sites excluding steroid dienone is 9. The van der Waals surface area contributed by atoms with E-state index in [2.05, 4.69) is 67.8 Å². The Morgan fingerprint density at radius 1 is 0.590 bits per heavy atom. The number of aliphatic hydroxyl groups is 1. The fourth-order valence-electron chi connectivity index (χ4n) is 7.03. The van der Waals surface area contributed by atoms with Crippen LogP contribution in [0.4, 0.5) is 0 Å². The second-order valence-corrected chi connectivity index (χ2v) is 19.6. The monoisotopic (exact) mass is 877 g/mol. The van der Waals surface area contributed by atoms with Crippen LogP contribution < -0.4 is 10.2 Å². The van der Waals surface area contributed by atoms with Crippen molar-refractivity contribution in [2.45, 2.75) is 225 Å². The maximum Gasteiger partial charge on any atom is 0.268 e. The van der Waals surface area contributed by atoms with Gasteiger partial charge in [-0.15, -0.1) is 0 Å². The molecule has 0 spiro atoms. The fourth-order valence-corrected chi connectivity index (χ4v) is 7.75. The predicted octanol–water partition coefficient (Wildman–Crippen LogP) is 14.0. The topological polar surface area (TPSA) is 108 Å². The molecule has 3 unspecified atom stereocenters. The van der Waals surface area contributed by atoms with Crippen LogP contribution in [-0.4, -0.2) is 68.5 Å². The van der Waals surface area contributed by atoms with Crippen LogP contribution in [0.3, 0.4) is 0 Å². The van der Waals surface area contributed by atoms with Gasteiger partial charge < -0.3 is 28.8 Å². The van der Waals surface area contributed by atoms with E-state index in [0.29, 0.717) is 17.4 Å². The average molecular weight is 877 g/mol. The molecule has 0 bridgehead atoms. The highest BCUT2D eigenvalue weighted by Crippen LogP contribution is 2.38. The zero-order valence-corrected chi connectivity index (χ0v) is 41.2. The van der Waals surface area contributed by atoms with E-state index in [1.165, 1.54) is 122 Å². The molecule has 0 aliphatic rings. The van der Waals surface area contributed by atoms with E-state index in [1.54, 1.807) is 6.08 Å². The normalized spacial score (nSPS) is 14.7. The molecular formula is C52H97N2O6P. The predicted molar refractivity (Wildman–Crippen MR) is 261 cm³/mol. The minimum Gasteiger partial charge on any atom is -0.756 e. The van der Waals surface area contributed by atoms with Gasteiger partial charge in [-0.3, -0.25) is 9.36 Å². The number of phosphoric acid groups is 1. The number of unbranched alkanes of at least 4 members (excludes halogenated alkanes) is 24. The smallest absolute Gasteiger partial charge is 0.268 e. The fraction of sp³-hybridized carbons (Fsp3) is 0.788. The van der Waals surface area contributed by atoms with Gasteiger partial charge in [0.25, 0.3) is 7.82 Å². The molecule has 9 heteroatoms. The lowest BCUT2D eigenvalue weighted by molar-refractivity contribution is -0.870. The Bertz CT molecular complexity index is 1180.